The van der Waals surface area contributed by atoms with Gasteiger partial charge >= 0.3 is 0 Å². The van der Waals surface area contributed by atoms with Crippen LogP contribution in [-0.4, -0.2) is 6.61 Å². The second-order valence-corrected chi connectivity index (χ2v) is 3.95. The van der Waals surface area contributed by atoms with Crippen LogP contribution in [0.2, 0.25) is 0 Å². The highest BCUT2D eigenvalue weighted by Gasteiger charge is 2.09. The van der Waals surface area contributed by atoms with E-state index in [1.165, 1.54) is 18.2 Å². The van der Waals surface area contributed by atoms with Gasteiger partial charge in [0.1, 0.15) is 23.1 Å². The van der Waals surface area contributed by atoms with Crippen molar-refractivity contribution in [3.8, 4) is 5.75 Å². The van der Waals surface area contributed by atoms with Crippen molar-refractivity contribution >= 4 is 17.1 Å². The largest absolute Gasteiger partial charge is 0.494 e. The fourth-order valence-electron chi connectivity index (χ4n) is 1.71. The molecule has 0 fully saturated rings. The highest BCUT2D eigenvalue weighted by molar-refractivity contribution is 5.66. The zero-order chi connectivity index (χ0) is 13.8. The van der Waals surface area contributed by atoms with Crippen molar-refractivity contribution in [1.29, 1.82) is 0 Å². The average molecular weight is 264 g/mol. The van der Waals surface area contributed by atoms with Crippen molar-refractivity contribution in [2.45, 2.75) is 6.92 Å². The fraction of sp³-hybridized carbons (Fsp3) is 0.143. The van der Waals surface area contributed by atoms with Crippen LogP contribution < -0.4 is 15.8 Å². The van der Waals surface area contributed by atoms with Gasteiger partial charge in [0.25, 0.3) is 0 Å². The highest BCUT2D eigenvalue weighted by atomic mass is 19.1. The second-order valence-electron chi connectivity index (χ2n) is 3.95. The number of hydrogen-bond acceptors (Lipinski definition) is 3. The lowest BCUT2D eigenvalue weighted by Crippen LogP contribution is -2.00. The van der Waals surface area contributed by atoms with Gasteiger partial charge in [-0.2, -0.15) is 0 Å². The maximum atomic E-state index is 13.5. The van der Waals surface area contributed by atoms with E-state index in [2.05, 4.69) is 5.32 Å². The standard InChI is InChI=1S/C14H14F2N2O/c1-2-19-11-7-9(17)6-10(8-11)18-14-12(15)4-3-5-13(14)16/h3-8,18H,2,17H2,1H3. The molecule has 0 spiro atoms. The van der Waals surface area contributed by atoms with E-state index < -0.39 is 11.6 Å². The number of anilines is 3. The molecule has 100 valence electrons. The molecule has 0 radical (unpaired) electrons. The second kappa shape index (κ2) is 5.56. The van der Waals surface area contributed by atoms with Crippen molar-refractivity contribution in [3.05, 3.63) is 48.0 Å². The van der Waals surface area contributed by atoms with Crippen LogP contribution in [0.25, 0.3) is 0 Å². The van der Waals surface area contributed by atoms with Gasteiger partial charge in [-0.05, 0) is 25.1 Å². The van der Waals surface area contributed by atoms with Crippen LogP contribution in [0.1, 0.15) is 6.92 Å². The lowest BCUT2D eigenvalue weighted by atomic mass is 10.2. The summed E-state index contributed by atoms with van der Waals surface area (Å²) >= 11 is 0. The zero-order valence-corrected chi connectivity index (χ0v) is 10.4. The molecule has 0 unspecified atom stereocenters. The molecule has 2 aromatic carbocycles. The maximum absolute atomic E-state index is 13.5. The van der Waals surface area contributed by atoms with Gasteiger partial charge in [0.05, 0.1) is 6.61 Å². The van der Waals surface area contributed by atoms with Crippen LogP contribution in [0.5, 0.6) is 5.75 Å². The smallest absolute Gasteiger partial charge is 0.149 e. The van der Waals surface area contributed by atoms with Crippen LogP contribution in [0.4, 0.5) is 25.8 Å². The molecule has 0 aliphatic heterocycles. The number of nitrogen functional groups attached to an aromatic ring is 1. The van der Waals surface area contributed by atoms with E-state index in [1.54, 1.807) is 18.2 Å². The van der Waals surface area contributed by atoms with Crippen LogP contribution in [0.15, 0.2) is 36.4 Å². The van der Waals surface area contributed by atoms with Crippen molar-refractivity contribution < 1.29 is 13.5 Å². The summed E-state index contributed by atoms with van der Waals surface area (Å²) in [6.07, 6.45) is 0. The molecule has 0 bridgehead atoms. The Kier molecular flexibility index (Phi) is 3.85. The van der Waals surface area contributed by atoms with E-state index in [4.69, 9.17) is 10.5 Å². The number of nitrogens with one attached hydrogen (secondary N) is 1. The van der Waals surface area contributed by atoms with Crippen molar-refractivity contribution in [2.24, 2.45) is 0 Å². The molecule has 0 atom stereocenters. The van der Waals surface area contributed by atoms with Crippen LogP contribution in [0, 0.1) is 11.6 Å². The first-order valence-corrected chi connectivity index (χ1v) is 5.84. The quantitative estimate of drug-likeness (QED) is 0.828. The number of halogens is 2. The fourth-order valence-corrected chi connectivity index (χ4v) is 1.71. The summed E-state index contributed by atoms with van der Waals surface area (Å²) in [5.41, 5.74) is 6.41. The minimum Gasteiger partial charge on any atom is -0.494 e. The first kappa shape index (κ1) is 13.1. The Hall–Kier alpha value is -2.30. The summed E-state index contributed by atoms with van der Waals surface area (Å²) in [7, 11) is 0. The summed E-state index contributed by atoms with van der Waals surface area (Å²) in [6, 6.07) is 8.52. The molecule has 5 heteroatoms. The van der Waals surface area contributed by atoms with E-state index in [-0.39, 0.29) is 5.69 Å². The van der Waals surface area contributed by atoms with Gasteiger partial charge in [-0.25, -0.2) is 8.78 Å². The van der Waals surface area contributed by atoms with Gasteiger partial charge in [0.2, 0.25) is 0 Å². The van der Waals surface area contributed by atoms with E-state index in [0.717, 1.165) is 0 Å². The Morgan fingerprint density at radius 1 is 1.16 bits per heavy atom. The molecule has 0 amide bonds. The molecule has 0 heterocycles. The monoisotopic (exact) mass is 264 g/mol. The summed E-state index contributed by atoms with van der Waals surface area (Å²) < 4.78 is 32.4. The van der Waals surface area contributed by atoms with Crippen LogP contribution >= 0.6 is 0 Å². The summed E-state index contributed by atoms with van der Waals surface area (Å²) in [5, 5.41) is 2.67. The van der Waals surface area contributed by atoms with Crippen LogP contribution in [0.3, 0.4) is 0 Å². The SMILES string of the molecule is CCOc1cc(N)cc(Nc2c(F)cccc2F)c1. The lowest BCUT2D eigenvalue weighted by Gasteiger charge is -2.11. The minimum atomic E-state index is -0.666. The highest BCUT2D eigenvalue weighted by Crippen LogP contribution is 2.28. The molecular formula is C14H14F2N2O. The van der Waals surface area contributed by atoms with Gasteiger partial charge in [0.15, 0.2) is 0 Å². The van der Waals surface area contributed by atoms with E-state index in [9.17, 15) is 8.78 Å². The third-order valence-corrected chi connectivity index (χ3v) is 2.47. The molecule has 2 rings (SSSR count). The van der Waals surface area contributed by atoms with Gasteiger partial charge < -0.3 is 15.8 Å². The molecule has 0 aliphatic carbocycles. The van der Waals surface area contributed by atoms with Gasteiger partial charge in [0, 0.05) is 23.5 Å². The maximum Gasteiger partial charge on any atom is 0.149 e. The number of para-hydroxylation sites is 1. The van der Waals surface area contributed by atoms with Crippen molar-refractivity contribution in [3.63, 3.8) is 0 Å². The molecule has 19 heavy (non-hydrogen) atoms. The molecule has 3 N–H and O–H groups in total. The Labute approximate surface area is 110 Å². The Morgan fingerprint density at radius 2 is 1.84 bits per heavy atom. The molecule has 0 aliphatic rings. The molecule has 0 saturated heterocycles. The Bertz CT molecular complexity index is 567. The molecule has 0 saturated carbocycles. The van der Waals surface area contributed by atoms with Gasteiger partial charge in [-0.15, -0.1) is 0 Å². The van der Waals surface area contributed by atoms with Crippen molar-refractivity contribution in [1.82, 2.24) is 0 Å². The minimum absolute atomic E-state index is 0.212. The predicted molar refractivity (Wildman–Crippen MR) is 71.7 cm³/mol. The topological polar surface area (TPSA) is 47.3 Å². The molecular weight excluding hydrogens is 250 g/mol. The lowest BCUT2D eigenvalue weighted by molar-refractivity contribution is 0.340. The van der Waals surface area contributed by atoms with Crippen molar-refractivity contribution in [2.75, 3.05) is 17.7 Å². The third-order valence-electron chi connectivity index (χ3n) is 2.47. The molecule has 2 aromatic rings. The Morgan fingerprint density at radius 3 is 2.47 bits per heavy atom. The average Bonchev–Trinajstić information content (AvgIpc) is 2.34. The number of hydrogen-bond donors (Lipinski definition) is 2. The van der Waals surface area contributed by atoms with E-state index in [1.807, 2.05) is 6.92 Å². The number of ether oxygens (including phenoxy) is 1. The first-order valence-electron chi connectivity index (χ1n) is 5.84. The predicted octanol–water partition coefficient (Wildman–Crippen LogP) is 3.69. The van der Waals surface area contributed by atoms with Crippen LogP contribution in [-0.2, 0) is 0 Å². The number of rotatable bonds is 4. The van der Waals surface area contributed by atoms with E-state index in [0.29, 0.717) is 23.7 Å². The van der Waals surface area contributed by atoms with Gasteiger partial charge in [-0.1, -0.05) is 6.07 Å². The summed E-state index contributed by atoms with van der Waals surface area (Å²) in [6.45, 7) is 2.32. The number of nitrogens with two attached hydrogens (primary N) is 1. The summed E-state index contributed by atoms with van der Waals surface area (Å²) in [5.74, 6) is -0.789. The third kappa shape index (κ3) is 3.13. The zero-order valence-electron chi connectivity index (χ0n) is 10.4. The Balaban J connectivity index is 2.33. The molecule has 0 aromatic heterocycles. The summed E-state index contributed by atoms with van der Waals surface area (Å²) in [4.78, 5) is 0. The first-order chi connectivity index (χ1) is 9.10. The normalized spacial score (nSPS) is 10.3. The van der Waals surface area contributed by atoms with E-state index >= 15 is 0 Å². The number of benzene rings is 2. The molecule has 3 nitrogen and oxygen atoms in total. The van der Waals surface area contributed by atoms with Gasteiger partial charge in [-0.3, -0.25) is 0 Å².